The fourth-order valence-corrected chi connectivity index (χ4v) is 6.61. The smallest absolute Gasteiger partial charge is 0.260 e. The second-order valence-electron chi connectivity index (χ2n) is 11.5. The van der Waals surface area contributed by atoms with Gasteiger partial charge in [-0.25, -0.2) is 0 Å². The maximum absolute atomic E-state index is 6.66. The molecule has 0 saturated heterocycles. The van der Waals surface area contributed by atoms with Crippen LogP contribution in [0.2, 0.25) is 0 Å². The molecule has 9 rings (SSSR count). The van der Waals surface area contributed by atoms with Crippen LogP contribution in [-0.2, 0) is 0 Å². The van der Waals surface area contributed by atoms with Crippen molar-refractivity contribution in [2.45, 2.75) is 13.8 Å². The molecule has 7 aromatic rings. The molecule has 0 saturated carbocycles. The van der Waals surface area contributed by atoms with Crippen LogP contribution in [0.5, 0.6) is 23.0 Å². The van der Waals surface area contributed by atoms with E-state index in [1.54, 1.807) is 0 Å². The third kappa shape index (κ3) is 3.71. The molecule has 0 unspecified atom stereocenters. The zero-order valence-electron chi connectivity index (χ0n) is 23.8. The average molecular weight is 555 g/mol. The van der Waals surface area contributed by atoms with Crippen LogP contribution in [0.25, 0.3) is 21.9 Å². The van der Waals surface area contributed by atoms with Gasteiger partial charge < -0.3 is 18.8 Å². The van der Waals surface area contributed by atoms with Gasteiger partial charge in [0.05, 0.1) is 0 Å². The minimum absolute atomic E-state index is 0.0296. The fraction of sp³-hybridized carbons (Fsp3) is 0.0526. The average Bonchev–Trinajstić information content (AvgIpc) is 3.39. The SMILES string of the molecule is Cc1ccc(N(c2ccc(C)cc2)c2ccc3c(c2)Oc2cccc4c2B3c2cc3c(cc2O4)oc2ccccc23)cc1. The Labute approximate surface area is 249 Å². The van der Waals surface area contributed by atoms with E-state index in [-0.39, 0.29) is 6.71 Å². The Bertz CT molecular complexity index is 2170. The number of anilines is 3. The Morgan fingerprint density at radius 2 is 1.12 bits per heavy atom. The van der Waals surface area contributed by atoms with Crippen molar-refractivity contribution in [1.29, 1.82) is 0 Å². The zero-order valence-corrected chi connectivity index (χ0v) is 23.8. The highest BCUT2D eigenvalue weighted by molar-refractivity contribution is 6.98. The van der Waals surface area contributed by atoms with Crippen molar-refractivity contribution in [1.82, 2.24) is 0 Å². The number of hydrogen-bond acceptors (Lipinski definition) is 4. The van der Waals surface area contributed by atoms with Gasteiger partial charge in [-0.05, 0) is 73.3 Å². The van der Waals surface area contributed by atoms with Crippen LogP contribution in [0.1, 0.15) is 11.1 Å². The largest absolute Gasteiger partial charge is 0.458 e. The number of nitrogens with zero attached hydrogens (tertiary/aromatic N) is 1. The summed E-state index contributed by atoms with van der Waals surface area (Å²) in [6.45, 7) is 4.20. The van der Waals surface area contributed by atoms with Crippen LogP contribution in [0.3, 0.4) is 0 Å². The Balaban J connectivity index is 1.24. The molecule has 0 radical (unpaired) electrons. The van der Waals surface area contributed by atoms with Gasteiger partial charge in [-0.15, -0.1) is 0 Å². The molecule has 2 aliphatic rings. The van der Waals surface area contributed by atoms with Gasteiger partial charge in [0, 0.05) is 45.4 Å². The van der Waals surface area contributed by atoms with Crippen molar-refractivity contribution in [2.24, 2.45) is 0 Å². The third-order valence-corrected chi connectivity index (χ3v) is 8.73. The second kappa shape index (κ2) is 9.04. The first-order valence-electron chi connectivity index (χ1n) is 14.6. The second-order valence-corrected chi connectivity index (χ2v) is 11.5. The van der Waals surface area contributed by atoms with Crippen molar-refractivity contribution >= 4 is 62.1 Å². The van der Waals surface area contributed by atoms with Gasteiger partial charge in [-0.2, -0.15) is 0 Å². The number of fused-ring (bicyclic) bond motifs is 7. The predicted octanol–water partition coefficient (Wildman–Crippen LogP) is 8.40. The van der Waals surface area contributed by atoms with E-state index in [4.69, 9.17) is 13.9 Å². The van der Waals surface area contributed by atoms with E-state index >= 15 is 0 Å². The molecule has 5 heteroatoms. The highest BCUT2D eigenvalue weighted by Crippen LogP contribution is 2.41. The molecule has 0 aliphatic carbocycles. The lowest BCUT2D eigenvalue weighted by Crippen LogP contribution is -2.57. The summed E-state index contributed by atoms with van der Waals surface area (Å²) < 4.78 is 19.4. The van der Waals surface area contributed by atoms with E-state index in [1.165, 1.54) is 11.1 Å². The summed E-state index contributed by atoms with van der Waals surface area (Å²) in [7, 11) is 0. The van der Waals surface area contributed by atoms with Gasteiger partial charge in [0.15, 0.2) is 0 Å². The molecule has 4 nitrogen and oxygen atoms in total. The molecule has 0 atom stereocenters. The number of ether oxygens (including phenoxy) is 2. The molecular weight excluding hydrogens is 529 g/mol. The topological polar surface area (TPSA) is 34.8 Å². The number of rotatable bonds is 3. The molecule has 3 heterocycles. The van der Waals surface area contributed by atoms with E-state index in [2.05, 4.69) is 104 Å². The fourth-order valence-electron chi connectivity index (χ4n) is 6.61. The van der Waals surface area contributed by atoms with Crippen molar-refractivity contribution in [2.75, 3.05) is 4.90 Å². The normalized spacial score (nSPS) is 12.7. The molecule has 0 N–H and O–H groups in total. The van der Waals surface area contributed by atoms with Crippen molar-refractivity contribution in [3.05, 3.63) is 132 Å². The van der Waals surface area contributed by atoms with Gasteiger partial charge in [-0.3, -0.25) is 0 Å². The Morgan fingerprint density at radius 3 is 1.81 bits per heavy atom. The number of aryl methyl sites for hydroxylation is 2. The molecule has 2 aliphatic heterocycles. The maximum Gasteiger partial charge on any atom is 0.260 e. The summed E-state index contributed by atoms with van der Waals surface area (Å²) in [5.41, 5.74) is 10.7. The van der Waals surface area contributed by atoms with Gasteiger partial charge in [0.1, 0.15) is 34.2 Å². The minimum Gasteiger partial charge on any atom is -0.458 e. The molecule has 6 aromatic carbocycles. The van der Waals surface area contributed by atoms with Gasteiger partial charge >= 0.3 is 0 Å². The van der Waals surface area contributed by atoms with E-state index in [0.717, 1.165) is 78.4 Å². The summed E-state index contributed by atoms with van der Waals surface area (Å²) in [6, 6.07) is 42.5. The molecule has 0 fully saturated rings. The highest BCUT2D eigenvalue weighted by Gasteiger charge is 2.40. The van der Waals surface area contributed by atoms with E-state index in [1.807, 2.05) is 36.4 Å². The molecule has 0 bridgehead atoms. The molecule has 1 aromatic heterocycles. The zero-order chi connectivity index (χ0) is 28.7. The van der Waals surface area contributed by atoms with Crippen molar-refractivity contribution in [3.8, 4) is 23.0 Å². The Kier molecular flexibility index (Phi) is 5.09. The van der Waals surface area contributed by atoms with Crippen LogP contribution >= 0.6 is 0 Å². The number of para-hydroxylation sites is 1. The number of benzene rings is 6. The first-order chi connectivity index (χ1) is 21.1. The van der Waals surface area contributed by atoms with Crippen LogP contribution in [0.15, 0.2) is 126 Å². The first-order valence-corrected chi connectivity index (χ1v) is 14.6. The quantitative estimate of drug-likeness (QED) is 0.205. The van der Waals surface area contributed by atoms with Gasteiger partial charge in [0.2, 0.25) is 0 Å². The van der Waals surface area contributed by atoms with Crippen molar-refractivity contribution in [3.63, 3.8) is 0 Å². The monoisotopic (exact) mass is 555 g/mol. The lowest BCUT2D eigenvalue weighted by molar-refractivity contribution is 0.464. The molecule has 0 spiro atoms. The predicted molar refractivity (Wildman–Crippen MR) is 176 cm³/mol. The number of furan rings is 1. The van der Waals surface area contributed by atoms with E-state index in [9.17, 15) is 0 Å². The lowest BCUT2D eigenvalue weighted by Gasteiger charge is -2.34. The molecular formula is C38H26BNO3. The van der Waals surface area contributed by atoms with Gasteiger partial charge in [-0.1, -0.05) is 71.8 Å². The van der Waals surface area contributed by atoms with E-state index < -0.39 is 0 Å². The standard InChI is InChI=1S/C38H26BNO3/c1-23-10-14-25(15-11-23)40(26-16-12-24(2)13-17-26)27-18-19-30-36(20-27)42-33-8-5-9-34-38(33)39(30)31-21-29-28-6-3-4-7-32(28)41-35(29)22-37(31)43-34/h3-22H,1-2H3. The number of hydrogen-bond donors (Lipinski definition) is 0. The molecule has 43 heavy (non-hydrogen) atoms. The summed E-state index contributed by atoms with van der Waals surface area (Å²) in [6.07, 6.45) is 0. The Morgan fingerprint density at radius 1 is 0.488 bits per heavy atom. The highest BCUT2D eigenvalue weighted by atomic mass is 16.5. The summed E-state index contributed by atoms with van der Waals surface area (Å²) in [5.74, 6) is 3.31. The van der Waals surface area contributed by atoms with E-state index in [0.29, 0.717) is 0 Å². The van der Waals surface area contributed by atoms with Crippen LogP contribution in [0.4, 0.5) is 17.1 Å². The summed E-state index contributed by atoms with van der Waals surface area (Å²) in [4.78, 5) is 2.29. The third-order valence-electron chi connectivity index (χ3n) is 8.73. The van der Waals surface area contributed by atoms with Crippen molar-refractivity contribution < 1.29 is 13.9 Å². The lowest BCUT2D eigenvalue weighted by atomic mass is 9.35. The minimum atomic E-state index is -0.0296. The Hall–Kier alpha value is -5.42. The van der Waals surface area contributed by atoms with Gasteiger partial charge in [0.25, 0.3) is 6.71 Å². The van der Waals surface area contributed by atoms with Crippen LogP contribution in [0, 0.1) is 13.8 Å². The van der Waals surface area contributed by atoms with Crippen LogP contribution in [-0.4, -0.2) is 6.71 Å². The molecule has 0 amide bonds. The summed E-state index contributed by atoms with van der Waals surface area (Å²) >= 11 is 0. The molecule has 204 valence electrons. The first kappa shape index (κ1) is 24.2. The summed E-state index contributed by atoms with van der Waals surface area (Å²) in [5, 5.41) is 2.20. The van der Waals surface area contributed by atoms with Crippen LogP contribution < -0.4 is 30.8 Å². The maximum atomic E-state index is 6.66.